The third-order valence-corrected chi connectivity index (χ3v) is 5.01. The van der Waals surface area contributed by atoms with E-state index in [1.807, 2.05) is 36.4 Å². The molecule has 4 rings (SSSR count). The number of rotatable bonds is 4. The van der Waals surface area contributed by atoms with Crippen molar-refractivity contribution in [1.82, 2.24) is 4.57 Å². The number of aromatic nitrogens is 1. The number of hydrogen-bond donors (Lipinski definition) is 1. The minimum atomic E-state index is 0.561. The quantitative estimate of drug-likeness (QED) is 0.767. The van der Waals surface area contributed by atoms with E-state index < -0.39 is 0 Å². The molecule has 0 saturated heterocycles. The second kappa shape index (κ2) is 6.71. The Bertz CT molecular complexity index is 1010. The number of methoxy groups -OCH3 is 2. The SMILES string of the molecule is COc1ccc(-c2c(-c3ccccc3)cc3n(c2=N)CCC3)cc1OC. The van der Waals surface area contributed by atoms with E-state index in [0.717, 1.165) is 41.6 Å². The number of pyridine rings is 1. The van der Waals surface area contributed by atoms with E-state index in [1.54, 1.807) is 14.2 Å². The highest BCUT2D eigenvalue weighted by molar-refractivity contribution is 5.84. The third-order valence-electron chi connectivity index (χ3n) is 5.01. The van der Waals surface area contributed by atoms with E-state index in [2.05, 4.69) is 22.8 Å². The lowest BCUT2D eigenvalue weighted by molar-refractivity contribution is 0.355. The van der Waals surface area contributed by atoms with Crippen LogP contribution in [-0.2, 0) is 13.0 Å². The lowest BCUT2D eigenvalue weighted by Gasteiger charge is -2.17. The fraction of sp³-hybridized carbons (Fsp3) is 0.227. The summed E-state index contributed by atoms with van der Waals surface area (Å²) in [5.41, 5.74) is 5.91. The first kappa shape index (κ1) is 16.5. The Balaban J connectivity index is 2.00. The van der Waals surface area contributed by atoms with Crippen LogP contribution in [0.2, 0.25) is 0 Å². The van der Waals surface area contributed by atoms with Crippen LogP contribution in [0, 0.1) is 5.41 Å². The van der Waals surface area contributed by atoms with Crippen molar-refractivity contribution in [2.24, 2.45) is 0 Å². The van der Waals surface area contributed by atoms with Gasteiger partial charge in [-0.15, -0.1) is 0 Å². The Morgan fingerprint density at radius 1 is 0.885 bits per heavy atom. The Morgan fingerprint density at radius 2 is 1.65 bits per heavy atom. The molecule has 2 aromatic carbocycles. The first-order chi connectivity index (χ1) is 12.7. The van der Waals surface area contributed by atoms with Crippen LogP contribution in [-0.4, -0.2) is 18.8 Å². The molecule has 0 amide bonds. The van der Waals surface area contributed by atoms with E-state index >= 15 is 0 Å². The molecule has 2 heterocycles. The van der Waals surface area contributed by atoms with Crippen LogP contribution in [0.3, 0.4) is 0 Å². The van der Waals surface area contributed by atoms with Gasteiger partial charge in [0.1, 0.15) is 5.49 Å². The van der Waals surface area contributed by atoms with Crippen molar-refractivity contribution < 1.29 is 9.47 Å². The molecule has 26 heavy (non-hydrogen) atoms. The van der Waals surface area contributed by atoms with Crippen LogP contribution in [0.5, 0.6) is 11.5 Å². The van der Waals surface area contributed by atoms with Crippen molar-refractivity contribution in [3.05, 3.63) is 65.8 Å². The maximum absolute atomic E-state index is 8.87. The molecule has 1 N–H and O–H groups in total. The van der Waals surface area contributed by atoms with Crippen molar-refractivity contribution in [3.63, 3.8) is 0 Å². The number of nitrogens with zero attached hydrogens (tertiary/aromatic N) is 1. The van der Waals surface area contributed by atoms with Gasteiger partial charge in [-0.2, -0.15) is 0 Å². The van der Waals surface area contributed by atoms with E-state index in [1.165, 1.54) is 5.69 Å². The predicted molar refractivity (Wildman–Crippen MR) is 103 cm³/mol. The van der Waals surface area contributed by atoms with Gasteiger partial charge in [0.2, 0.25) is 0 Å². The number of benzene rings is 2. The molecule has 0 unspecified atom stereocenters. The van der Waals surface area contributed by atoms with Crippen LogP contribution < -0.4 is 15.0 Å². The van der Waals surface area contributed by atoms with E-state index in [9.17, 15) is 0 Å². The fourth-order valence-corrected chi connectivity index (χ4v) is 3.73. The van der Waals surface area contributed by atoms with Gasteiger partial charge in [-0.05, 0) is 47.7 Å². The summed E-state index contributed by atoms with van der Waals surface area (Å²) >= 11 is 0. The fourth-order valence-electron chi connectivity index (χ4n) is 3.73. The van der Waals surface area contributed by atoms with Crippen molar-refractivity contribution in [2.45, 2.75) is 19.4 Å². The monoisotopic (exact) mass is 346 g/mol. The summed E-state index contributed by atoms with van der Waals surface area (Å²) in [5, 5.41) is 8.87. The number of ether oxygens (including phenoxy) is 2. The van der Waals surface area contributed by atoms with Gasteiger partial charge in [0.05, 0.1) is 14.2 Å². The van der Waals surface area contributed by atoms with Gasteiger partial charge in [0.15, 0.2) is 11.5 Å². The van der Waals surface area contributed by atoms with Gasteiger partial charge in [-0.1, -0.05) is 36.4 Å². The Hall–Kier alpha value is -3.01. The molecule has 0 saturated carbocycles. The van der Waals surface area contributed by atoms with Crippen LogP contribution in [0.1, 0.15) is 12.1 Å². The Labute approximate surface area is 153 Å². The Kier molecular flexibility index (Phi) is 4.25. The minimum absolute atomic E-state index is 0.561. The highest BCUT2D eigenvalue weighted by atomic mass is 16.5. The molecule has 3 aromatic rings. The van der Waals surface area contributed by atoms with E-state index in [4.69, 9.17) is 14.9 Å². The van der Waals surface area contributed by atoms with Crippen molar-refractivity contribution >= 4 is 0 Å². The summed E-state index contributed by atoms with van der Waals surface area (Å²) in [6, 6.07) is 18.4. The topological polar surface area (TPSA) is 47.2 Å². The summed E-state index contributed by atoms with van der Waals surface area (Å²) in [6.07, 6.45) is 2.12. The molecule has 0 spiro atoms. The number of nitrogens with one attached hydrogen (secondary N) is 1. The molecular formula is C22H22N2O2. The van der Waals surface area contributed by atoms with Crippen molar-refractivity contribution in [1.29, 1.82) is 5.41 Å². The highest BCUT2D eigenvalue weighted by Crippen LogP contribution is 2.36. The van der Waals surface area contributed by atoms with Gasteiger partial charge >= 0.3 is 0 Å². The summed E-state index contributed by atoms with van der Waals surface area (Å²) in [5.74, 6) is 1.37. The summed E-state index contributed by atoms with van der Waals surface area (Å²) < 4.78 is 13.0. The first-order valence-electron chi connectivity index (χ1n) is 8.82. The van der Waals surface area contributed by atoms with E-state index in [-0.39, 0.29) is 0 Å². The number of aryl methyl sites for hydroxylation is 1. The smallest absolute Gasteiger partial charge is 0.161 e. The standard InChI is InChI=1S/C22H22N2O2/c1-25-19-11-10-16(13-20(19)26-2)21-18(15-7-4-3-5-8-15)14-17-9-6-12-24(17)22(21)23/h3-5,7-8,10-11,13-14,23H,6,9,12H2,1-2H3. The maximum atomic E-state index is 8.87. The third kappa shape index (κ3) is 2.68. The first-order valence-corrected chi connectivity index (χ1v) is 8.82. The molecule has 1 aliphatic heterocycles. The van der Waals surface area contributed by atoms with Gasteiger partial charge < -0.3 is 14.0 Å². The zero-order valence-electron chi connectivity index (χ0n) is 15.1. The second-order valence-electron chi connectivity index (χ2n) is 6.46. The van der Waals surface area contributed by atoms with Crippen molar-refractivity contribution in [2.75, 3.05) is 14.2 Å². The summed E-state index contributed by atoms with van der Waals surface area (Å²) in [6.45, 7) is 0.906. The molecule has 4 nitrogen and oxygen atoms in total. The lowest BCUT2D eigenvalue weighted by Crippen LogP contribution is -2.22. The van der Waals surface area contributed by atoms with Crippen molar-refractivity contribution in [3.8, 4) is 33.8 Å². The number of hydrogen-bond acceptors (Lipinski definition) is 3. The van der Waals surface area contributed by atoms with Gasteiger partial charge in [0.25, 0.3) is 0 Å². The van der Waals surface area contributed by atoms with E-state index in [0.29, 0.717) is 17.0 Å². The summed E-state index contributed by atoms with van der Waals surface area (Å²) in [7, 11) is 3.27. The zero-order valence-corrected chi connectivity index (χ0v) is 15.1. The zero-order chi connectivity index (χ0) is 18.1. The maximum Gasteiger partial charge on any atom is 0.161 e. The molecule has 0 atom stereocenters. The Morgan fingerprint density at radius 3 is 2.38 bits per heavy atom. The molecule has 0 radical (unpaired) electrons. The molecule has 0 aliphatic carbocycles. The molecule has 1 aromatic heterocycles. The molecule has 0 bridgehead atoms. The van der Waals surface area contributed by atoms with Gasteiger partial charge in [-0.3, -0.25) is 5.41 Å². The predicted octanol–water partition coefficient (Wildman–Crippen LogP) is 4.26. The molecule has 0 fully saturated rings. The minimum Gasteiger partial charge on any atom is -0.493 e. The van der Waals surface area contributed by atoms with Crippen LogP contribution in [0.15, 0.2) is 54.6 Å². The number of fused-ring (bicyclic) bond motifs is 1. The average molecular weight is 346 g/mol. The van der Waals surface area contributed by atoms with Crippen LogP contribution in [0.4, 0.5) is 0 Å². The lowest BCUT2D eigenvalue weighted by atomic mass is 9.94. The van der Waals surface area contributed by atoms with Crippen LogP contribution in [0.25, 0.3) is 22.3 Å². The molecular weight excluding hydrogens is 324 g/mol. The largest absolute Gasteiger partial charge is 0.493 e. The molecule has 1 aliphatic rings. The molecule has 4 heteroatoms. The van der Waals surface area contributed by atoms with Crippen LogP contribution >= 0.6 is 0 Å². The second-order valence-corrected chi connectivity index (χ2v) is 6.46. The summed E-state index contributed by atoms with van der Waals surface area (Å²) in [4.78, 5) is 0. The van der Waals surface area contributed by atoms with Gasteiger partial charge in [-0.25, -0.2) is 0 Å². The van der Waals surface area contributed by atoms with Gasteiger partial charge in [0, 0.05) is 17.8 Å². The normalized spacial score (nSPS) is 12.7. The highest BCUT2D eigenvalue weighted by Gasteiger charge is 2.19. The average Bonchev–Trinajstić information content (AvgIpc) is 3.17. The molecule has 132 valence electrons.